The molecule has 0 spiro atoms. The Bertz CT molecular complexity index is 709. The monoisotopic (exact) mass is 333 g/mol. The Morgan fingerprint density at radius 1 is 1.46 bits per heavy atom. The lowest BCUT2D eigenvalue weighted by Gasteiger charge is -2.12. The zero-order valence-corrected chi connectivity index (χ0v) is 13.3. The lowest BCUT2D eigenvalue weighted by atomic mass is 10.0. The Kier molecular flexibility index (Phi) is 5.07. The van der Waals surface area contributed by atoms with Gasteiger partial charge in [-0.3, -0.25) is 0 Å². The van der Waals surface area contributed by atoms with E-state index in [1.807, 2.05) is 6.07 Å². The van der Waals surface area contributed by atoms with Gasteiger partial charge in [-0.15, -0.1) is 0 Å². The molecule has 0 unspecified atom stereocenters. The van der Waals surface area contributed by atoms with Crippen molar-refractivity contribution in [2.75, 3.05) is 25.6 Å². The molecule has 1 fully saturated rings. The molecule has 8 nitrogen and oxygen atoms in total. The van der Waals surface area contributed by atoms with Gasteiger partial charge in [0.15, 0.2) is 5.82 Å². The van der Waals surface area contributed by atoms with Crippen molar-refractivity contribution < 1.29 is 23.8 Å². The Balaban J connectivity index is 1.74. The van der Waals surface area contributed by atoms with Crippen LogP contribution in [-0.4, -0.2) is 41.4 Å². The summed E-state index contributed by atoms with van der Waals surface area (Å²) in [7, 11) is 1.60. The van der Waals surface area contributed by atoms with Crippen LogP contribution in [0.4, 0.5) is 5.82 Å². The summed E-state index contributed by atoms with van der Waals surface area (Å²) in [6, 6.07) is 4.94. The van der Waals surface area contributed by atoms with Crippen molar-refractivity contribution in [3.8, 4) is 0 Å². The average Bonchev–Trinajstić information content (AvgIpc) is 3.25. The summed E-state index contributed by atoms with van der Waals surface area (Å²) in [5, 5.41) is 12.0. The van der Waals surface area contributed by atoms with Crippen LogP contribution < -0.4 is 5.32 Å². The largest absolute Gasteiger partial charge is 0.475 e. The molecule has 2 aromatic rings. The Hall–Kier alpha value is -2.45. The van der Waals surface area contributed by atoms with E-state index in [1.54, 1.807) is 13.2 Å². The molecule has 3 heterocycles. The van der Waals surface area contributed by atoms with Crippen molar-refractivity contribution in [1.82, 2.24) is 9.97 Å². The highest BCUT2D eigenvalue weighted by atomic mass is 16.5. The van der Waals surface area contributed by atoms with E-state index in [9.17, 15) is 4.79 Å². The minimum atomic E-state index is -1.09. The number of aromatic carboxylic acids is 1. The van der Waals surface area contributed by atoms with E-state index in [4.69, 9.17) is 19.0 Å². The third kappa shape index (κ3) is 3.90. The van der Waals surface area contributed by atoms with E-state index in [0.29, 0.717) is 37.2 Å². The maximum Gasteiger partial charge on any atom is 0.371 e. The van der Waals surface area contributed by atoms with E-state index in [-0.39, 0.29) is 11.7 Å². The smallest absolute Gasteiger partial charge is 0.371 e. The minimum absolute atomic E-state index is 0.0849. The van der Waals surface area contributed by atoms with Gasteiger partial charge in [0.2, 0.25) is 5.76 Å². The number of hydrogen-bond acceptors (Lipinski definition) is 7. The number of carboxylic acids is 1. The SMILES string of the molecule is COCc1nc(NCc2ccc(C(=O)O)o2)cc([C@H]2CCOC2)n1. The Morgan fingerprint density at radius 3 is 3.00 bits per heavy atom. The van der Waals surface area contributed by atoms with Crippen molar-refractivity contribution in [2.24, 2.45) is 0 Å². The van der Waals surface area contributed by atoms with Gasteiger partial charge in [-0.1, -0.05) is 0 Å². The van der Waals surface area contributed by atoms with Crippen molar-refractivity contribution in [1.29, 1.82) is 0 Å². The molecule has 0 amide bonds. The highest BCUT2D eigenvalue weighted by Gasteiger charge is 2.21. The van der Waals surface area contributed by atoms with Gasteiger partial charge in [0.05, 0.1) is 18.8 Å². The van der Waals surface area contributed by atoms with Gasteiger partial charge in [-0.25, -0.2) is 14.8 Å². The first kappa shape index (κ1) is 16.4. The molecular formula is C16H19N3O5. The normalized spacial score (nSPS) is 17.1. The highest BCUT2D eigenvalue weighted by Crippen LogP contribution is 2.25. The molecule has 1 saturated heterocycles. The third-order valence-corrected chi connectivity index (χ3v) is 3.73. The first-order chi connectivity index (χ1) is 11.7. The van der Waals surface area contributed by atoms with Gasteiger partial charge in [0.1, 0.15) is 18.2 Å². The van der Waals surface area contributed by atoms with Gasteiger partial charge in [-0.2, -0.15) is 0 Å². The molecule has 0 radical (unpaired) electrons. The topological polar surface area (TPSA) is 107 Å². The van der Waals surface area contributed by atoms with Crippen LogP contribution in [-0.2, 0) is 22.6 Å². The molecule has 3 rings (SSSR count). The number of carboxylic acid groups (broad SMARTS) is 1. The maximum atomic E-state index is 10.8. The lowest BCUT2D eigenvalue weighted by molar-refractivity contribution is 0.0660. The Labute approximate surface area is 138 Å². The molecule has 0 aliphatic carbocycles. The summed E-state index contributed by atoms with van der Waals surface area (Å²) in [6.45, 7) is 2.04. The highest BCUT2D eigenvalue weighted by molar-refractivity contribution is 5.84. The summed E-state index contributed by atoms with van der Waals surface area (Å²) < 4.78 is 15.8. The molecule has 1 atom stereocenters. The molecule has 0 saturated carbocycles. The fourth-order valence-corrected chi connectivity index (χ4v) is 2.54. The van der Waals surface area contributed by atoms with Gasteiger partial charge >= 0.3 is 5.97 Å². The number of hydrogen-bond donors (Lipinski definition) is 2. The summed E-state index contributed by atoms with van der Waals surface area (Å²) in [4.78, 5) is 19.8. The number of anilines is 1. The van der Waals surface area contributed by atoms with Crippen molar-refractivity contribution in [2.45, 2.75) is 25.5 Å². The number of ether oxygens (including phenoxy) is 2. The van der Waals surface area contributed by atoms with Crippen LogP contribution in [0.2, 0.25) is 0 Å². The van der Waals surface area contributed by atoms with Crippen LogP contribution in [0, 0.1) is 0 Å². The zero-order valence-electron chi connectivity index (χ0n) is 13.3. The first-order valence-electron chi connectivity index (χ1n) is 7.66. The molecule has 2 N–H and O–H groups in total. The fourth-order valence-electron chi connectivity index (χ4n) is 2.54. The van der Waals surface area contributed by atoms with E-state index in [1.165, 1.54) is 6.07 Å². The number of nitrogens with zero attached hydrogens (tertiary/aromatic N) is 2. The number of rotatable bonds is 7. The second-order valence-corrected chi connectivity index (χ2v) is 5.51. The summed E-state index contributed by atoms with van der Waals surface area (Å²) >= 11 is 0. The molecule has 8 heteroatoms. The second-order valence-electron chi connectivity index (χ2n) is 5.51. The zero-order chi connectivity index (χ0) is 16.9. The minimum Gasteiger partial charge on any atom is -0.475 e. The van der Waals surface area contributed by atoms with E-state index < -0.39 is 5.97 Å². The molecule has 128 valence electrons. The van der Waals surface area contributed by atoms with E-state index >= 15 is 0 Å². The van der Waals surface area contributed by atoms with Crippen LogP contribution in [0.3, 0.4) is 0 Å². The van der Waals surface area contributed by atoms with Gasteiger partial charge in [0.25, 0.3) is 0 Å². The third-order valence-electron chi connectivity index (χ3n) is 3.73. The number of aromatic nitrogens is 2. The number of furan rings is 1. The molecule has 0 bridgehead atoms. The Morgan fingerprint density at radius 2 is 2.33 bits per heavy atom. The molecular weight excluding hydrogens is 314 g/mol. The van der Waals surface area contributed by atoms with Crippen molar-refractivity contribution in [3.05, 3.63) is 41.2 Å². The van der Waals surface area contributed by atoms with Crippen molar-refractivity contribution >= 4 is 11.8 Å². The quantitative estimate of drug-likeness (QED) is 0.792. The molecule has 24 heavy (non-hydrogen) atoms. The van der Waals surface area contributed by atoms with Crippen LogP contribution in [0.25, 0.3) is 0 Å². The number of nitrogens with one attached hydrogen (secondary N) is 1. The first-order valence-corrected chi connectivity index (χ1v) is 7.66. The van der Waals surface area contributed by atoms with Gasteiger partial charge < -0.3 is 24.3 Å². The molecule has 1 aliphatic rings. The molecule has 2 aromatic heterocycles. The maximum absolute atomic E-state index is 10.8. The molecule has 1 aliphatic heterocycles. The number of methoxy groups -OCH3 is 1. The second kappa shape index (κ2) is 7.41. The van der Waals surface area contributed by atoms with Gasteiger partial charge in [-0.05, 0) is 18.6 Å². The fraction of sp³-hybridized carbons (Fsp3) is 0.438. The summed E-state index contributed by atoms with van der Waals surface area (Å²) in [6.07, 6.45) is 0.934. The van der Waals surface area contributed by atoms with E-state index in [0.717, 1.165) is 18.7 Å². The average molecular weight is 333 g/mol. The van der Waals surface area contributed by atoms with Crippen molar-refractivity contribution in [3.63, 3.8) is 0 Å². The number of carbonyl (C=O) groups is 1. The van der Waals surface area contributed by atoms with Crippen LogP contribution >= 0.6 is 0 Å². The van der Waals surface area contributed by atoms with Crippen LogP contribution in [0.5, 0.6) is 0 Å². The summed E-state index contributed by atoms with van der Waals surface area (Å²) in [5.41, 5.74) is 0.919. The summed E-state index contributed by atoms with van der Waals surface area (Å²) in [5.74, 6) is 0.839. The lowest BCUT2D eigenvalue weighted by Crippen LogP contribution is -2.10. The van der Waals surface area contributed by atoms with Gasteiger partial charge in [0, 0.05) is 25.7 Å². The predicted molar refractivity (Wildman–Crippen MR) is 83.9 cm³/mol. The standard InChI is InChI=1S/C16H19N3O5/c1-22-9-15-18-12(10-4-5-23-8-10)6-14(19-15)17-7-11-2-3-13(24-11)16(20)21/h2-3,6,10H,4-5,7-9H2,1H3,(H,20,21)(H,17,18,19)/t10-/m0/s1. The predicted octanol–water partition coefficient (Wildman–Crippen LogP) is 2.03. The van der Waals surface area contributed by atoms with Crippen LogP contribution in [0.15, 0.2) is 22.6 Å². The molecule has 0 aromatic carbocycles. The van der Waals surface area contributed by atoms with E-state index in [2.05, 4.69) is 15.3 Å². The van der Waals surface area contributed by atoms with Crippen LogP contribution in [0.1, 0.15) is 40.2 Å².